The van der Waals surface area contributed by atoms with Crippen molar-refractivity contribution in [2.45, 2.75) is 18.7 Å². The smallest absolute Gasteiger partial charge is 0.372 e. The number of aliphatic hydroxyl groups is 1. The molecule has 0 fully saturated rings. The Morgan fingerprint density at radius 3 is 2.26 bits per heavy atom. The van der Waals surface area contributed by atoms with Gasteiger partial charge >= 0.3 is 6.18 Å². The van der Waals surface area contributed by atoms with Crippen LogP contribution in [0.2, 0.25) is 0 Å². The summed E-state index contributed by atoms with van der Waals surface area (Å²) in [6, 6.07) is 8.31. The first-order chi connectivity index (χ1) is 8.85. The zero-order chi connectivity index (χ0) is 14.1. The van der Waals surface area contributed by atoms with Gasteiger partial charge in [0, 0.05) is 18.0 Å². The second-order valence-corrected chi connectivity index (χ2v) is 4.32. The molecule has 0 aliphatic carbocycles. The van der Waals surface area contributed by atoms with Gasteiger partial charge in [-0.3, -0.25) is 4.98 Å². The lowest BCUT2D eigenvalue weighted by molar-refractivity contribution is -0.248. The summed E-state index contributed by atoms with van der Waals surface area (Å²) in [5.74, 6) is 0. The van der Waals surface area contributed by atoms with Gasteiger partial charge in [-0.1, -0.05) is 35.9 Å². The summed E-state index contributed by atoms with van der Waals surface area (Å²) in [7, 11) is 0. The Hall–Kier alpha value is -1.88. The molecule has 1 heterocycles. The number of aromatic nitrogens is 1. The van der Waals surface area contributed by atoms with Crippen LogP contribution in [0.15, 0.2) is 48.8 Å². The summed E-state index contributed by atoms with van der Waals surface area (Å²) in [5.41, 5.74) is -2.92. The predicted octanol–water partition coefficient (Wildman–Crippen LogP) is 3.19. The van der Waals surface area contributed by atoms with Crippen molar-refractivity contribution in [2.75, 3.05) is 0 Å². The Morgan fingerprint density at radius 1 is 1.05 bits per heavy atom. The fraction of sp³-hybridized carbons (Fsp3) is 0.214. The minimum absolute atomic E-state index is 0.215. The maximum Gasteiger partial charge on any atom is 0.425 e. The number of halogens is 3. The molecule has 2 rings (SSSR count). The summed E-state index contributed by atoms with van der Waals surface area (Å²) in [4.78, 5) is 3.65. The van der Waals surface area contributed by atoms with Crippen molar-refractivity contribution in [1.29, 1.82) is 0 Å². The number of nitrogens with zero attached hydrogens (tertiary/aromatic N) is 1. The molecule has 0 spiro atoms. The quantitative estimate of drug-likeness (QED) is 0.906. The second-order valence-electron chi connectivity index (χ2n) is 4.32. The van der Waals surface area contributed by atoms with Crippen LogP contribution in [0, 0.1) is 6.92 Å². The van der Waals surface area contributed by atoms with E-state index in [2.05, 4.69) is 4.98 Å². The van der Waals surface area contributed by atoms with Gasteiger partial charge in [-0.05, 0) is 18.6 Å². The van der Waals surface area contributed by atoms with E-state index < -0.39 is 11.8 Å². The molecule has 19 heavy (non-hydrogen) atoms. The van der Waals surface area contributed by atoms with E-state index in [4.69, 9.17) is 0 Å². The first-order valence-electron chi connectivity index (χ1n) is 5.62. The van der Waals surface area contributed by atoms with Gasteiger partial charge in [-0.15, -0.1) is 0 Å². The number of rotatable bonds is 2. The van der Waals surface area contributed by atoms with Crippen LogP contribution in [-0.4, -0.2) is 16.3 Å². The number of aryl methyl sites for hydroxylation is 1. The predicted molar refractivity (Wildman–Crippen MR) is 64.5 cm³/mol. The lowest BCUT2D eigenvalue weighted by Gasteiger charge is -2.31. The van der Waals surface area contributed by atoms with E-state index in [1.807, 2.05) is 0 Å². The van der Waals surface area contributed by atoms with Crippen LogP contribution in [0.25, 0.3) is 0 Å². The minimum atomic E-state index is -4.83. The molecule has 1 unspecified atom stereocenters. The fourth-order valence-electron chi connectivity index (χ4n) is 1.94. The van der Waals surface area contributed by atoms with Crippen LogP contribution >= 0.6 is 0 Å². The molecule has 0 radical (unpaired) electrons. The van der Waals surface area contributed by atoms with Crippen LogP contribution in [0.5, 0.6) is 0 Å². The largest absolute Gasteiger partial charge is 0.425 e. The highest BCUT2D eigenvalue weighted by Gasteiger charge is 2.56. The third-order valence-electron chi connectivity index (χ3n) is 2.93. The first-order valence-corrected chi connectivity index (χ1v) is 5.62. The molecule has 1 aromatic heterocycles. The summed E-state index contributed by atoms with van der Waals surface area (Å²) in [5, 5.41) is 10.2. The SMILES string of the molecule is Cc1cccc(C(O)(c2cccnc2)C(F)(F)F)c1. The number of hydrogen-bond donors (Lipinski definition) is 1. The standard InChI is InChI=1S/C14H12F3NO/c1-10-4-2-5-11(8-10)13(19,14(15,16)17)12-6-3-7-18-9-12/h2-9,19H,1H3. The number of alkyl halides is 3. The number of pyridine rings is 1. The van der Waals surface area contributed by atoms with Crippen LogP contribution < -0.4 is 0 Å². The van der Waals surface area contributed by atoms with Crippen LogP contribution in [0.3, 0.4) is 0 Å². The molecule has 1 atom stereocenters. The van der Waals surface area contributed by atoms with Crippen LogP contribution in [0.1, 0.15) is 16.7 Å². The maximum absolute atomic E-state index is 13.3. The Morgan fingerprint density at radius 2 is 1.74 bits per heavy atom. The van der Waals surface area contributed by atoms with Gasteiger partial charge in [0.15, 0.2) is 0 Å². The highest BCUT2D eigenvalue weighted by atomic mass is 19.4. The van der Waals surface area contributed by atoms with Gasteiger partial charge in [0.1, 0.15) is 0 Å². The molecule has 0 saturated heterocycles. The summed E-state index contributed by atoms with van der Waals surface area (Å²) in [6.45, 7) is 1.67. The fourth-order valence-corrected chi connectivity index (χ4v) is 1.94. The normalized spacial score (nSPS) is 15.0. The average Bonchev–Trinajstić information content (AvgIpc) is 2.37. The van der Waals surface area contributed by atoms with Gasteiger partial charge in [0.25, 0.3) is 0 Å². The van der Waals surface area contributed by atoms with Crippen molar-refractivity contribution < 1.29 is 18.3 Å². The summed E-state index contributed by atoms with van der Waals surface area (Å²) in [6.07, 6.45) is -2.45. The topological polar surface area (TPSA) is 33.1 Å². The average molecular weight is 267 g/mol. The Balaban J connectivity index is 2.66. The number of hydrogen-bond acceptors (Lipinski definition) is 2. The highest BCUT2D eigenvalue weighted by molar-refractivity contribution is 5.38. The monoisotopic (exact) mass is 267 g/mol. The lowest BCUT2D eigenvalue weighted by Crippen LogP contribution is -2.43. The maximum atomic E-state index is 13.3. The van der Waals surface area contributed by atoms with Crippen LogP contribution in [-0.2, 0) is 5.60 Å². The molecule has 0 aliphatic heterocycles. The molecule has 2 nitrogen and oxygen atoms in total. The molecule has 5 heteroatoms. The van der Waals surface area contributed by atoms with Gasteiger partial charge in [-0.25, -0.2) is 0 Å². The van der Waals surface area contributed by atoms with Crippen molar-refractivity contribution >= 4 is 0 Å². The van der Waals surface area contributed by atoms with E-state index in [9.17, 15) is 18.3 Å². The minimum Gasteiger partial charge on any atom is -0.372 e. The molecule has 2 aromatic rings. The van der Waals surface area contributed by atoms with E-state index in [1.165, 1.54) is 36.5 Å². The zero-order valence-corrected chi connectivity index (χ0v) is 10.1. The van der Waals surface area contributed by atoms with Gasteiger partial charge in [-0.2, -0.15) is 13.2 Å². The third-order valence-corrected chi connectivity index (χ3v) is 2.93. The van der Waals surface area contributed by atoms with Crippen molar-refractivity contribution in [1.82, 2.24) is 4.98 Å². The van der Waals surface area contributed by atoms with E-state index >= 15 is 0 Å². The molecule has 1 aromatic carbocycles. The van der Waals surface area contributed by atoms with Crippen molar-refractivity contribution in [3.05, 3.63) is 65.5 Å². The zero-order valence-electron chi connectivity index (χ0n) is 10.1. The lowest BCUT2D eigenvalue weighted by atomic mass is 9.86. The van der Waals surface area contributed by atoms with E-state index in [0.717, 1.165) is 6.20 Å². The molecule has 1 N–H and O–H groups in total. The second kappa shape index (κ2) is 4.66. The van der Waals surface area contributed by atoms with Crippen LogP contribution in [0.4, 0.5) is 13.2 Å². The van der Waals surface area contributed by atoms with Gasteiger partial charge in [0.05, 0.1) is 0 Å². The molecule has 0 aliphatic rings. The molecule has 100 valence electrons. The summed E-state index contributed by atoms with van der Waals surface area (Å²) < 4.78 is 40.0. The van der Waals surface area contributed by atoms with E-state index in [-0.39, 0.29) is 11.1 Å². The van der Waals surface area contributed by atoms with Crippen molar-refractivity contribution in [2.24, 2.45) is 0 Å². The van der Waals surface area contributed by atoms with Crippen molar-refractivity contribution in [3.8, 4) is 0 Å². The third kappa shape index (κ3) is 2.33. The summed E-state index contributed by atoms with van der Waals surface area (Å²) >= 11 is 0. The highest BCUT2D eigenvalue weighted by Crippen LogP contribution is 2.43. The van der Waals surface area contributed by atoms with E-state index in [0.29, 0.717) is 5.56 Å². The molecule has 0 amide bonds. The molecular weight excluding hydrogens is 255 g/mol. The molecular formula is C14H12F3NO. The van der Waals surface area contributed by atoms with Gasteiger partial charge in [0.2, 0.25) is 5.60 Å². The number of benzene rings is 1. The first kappa shape index (κ1) is 13.5. The van der Waals surface area contributed by atoms with E-state index in [1.54, 1.807) is 13.0 Å². The van der Waals surface area contributed by atoms with Gasteiger partial charge < -0.3 is 5.11 Å². The molecule has 0 bridgehead atoms. The Kier molecular flexibility index (Phi) is 3.32. The Bertz CT molecular complexity index is 568. The van der Waals surface area contributed by atoms with Crippen molar-refractivity contribution in [3.63, 3.8) is 0 Å². The Labute approximate surface area is 108 Å². The molecule has 0 saturated carbocycles.